The van der Waals surface area contributed by atoms with Crippen molar-refractivity contribution in [2.45, 2.75) is 25.6 Å². The molecule has 2 rings (SSSR count). The van der Waals surface area contributed by atoms with Crippen LogP contribution < -0.4 is 0 Å². The fraction of sp³-hybridized carbons (Fsp3) is 0.500. The summed E-state index contributed by atoms with van der Waals surface area (Å²) in [5.41, 5.74) is -0.155. The van der Waals surface area contributed by atoms with Crippen molar-refractivity contribution in [3.8, 4) is 5.75 Å². The van der Waals surface area contributed by atoms with E-state index in [0.29, 0.717) is 24.5 Å². The number of hydrogen-bond acceptors (Lipinski definition) is 3. The molecular formula is C14H17BrClNO3. The first kappa shape index (κ1) is 15.6. The summed E-state index contributed by atoms with van der Waals surface area (Å²) in [7, 11) is 0. The van der Waals surface area contributed by atoms with E-state index in [2.05, 4.69) is 15.9 Å². The van der Waals surface area contributed by atoms with E-state index in [1.165, 1.54) is 6.07 Å². The summed E-state index contributed by atoms with van der Waals surface area (Å²) in [5, 5.41) is 9.91. The molecule has 0 aromatic heterocycles. The predicted molar refractivity (Wildman–Crippen MR) is 81.4 cm³/mol. The highest BCUT2D eigenvalue weighted by Gasteiger charge is 2.36. The monoisotopic (exact) mass is 361 g/mol. The fourth-order valence-corrected chi connectivity index (χ4v) is 2.90. The highest BCUT2D eigenvalue weighted by molar-refractivity contribution is 9.10. The van der Waals surface area contributed by atoms with E-state index in [-0.39, 0.29) is 17.8 Å². The summed E-state index contributed by atoms with van der Waals surface area (Å²) in [6.45, 7) is 4.75. The van der Waals surface area contributed by atoms with E-state index in [9.17, 15) is 9.90 Å². The van der Waals surface area contributed by atoms with Gasteiger partial charge in [-0.05, 0) is 32.0 Å². The Bertz CT molecular complexity index is 521. The van der Waals surface area contributed by atoms with Crippen molar-refractivity contribution >= 4 is 33.4 Å². The van der Waals surface area contributed by atoms with Gasteiger partial charge < -0.3 is 14.7 Å². The zero-order valence-electron chi connectivity index (χ0n) is 11.4. The molecule has 4 nitrogen and oxygen atoms in total. The minimum Gasteiger partial charge on any atom is -0.507 e. The highest BCUT2D eigenvalue weighted by atomic mass is 79.9. The fourth-order valence-electron chi connectivity index (χ4n) is 2.39. The van der Waals surface area contributed by atoms with Crippen LogP contribution in [-0.2, 0) is 4.74 Å². The number of halogens is 2. The summed E-state index contributed by atoms with van der Waals surface area (Å²) in [4.78, 5) is 14.2. The van der Waals surface area contributed by atoms with Gasteiger partial charge in [0.1, 0.15) is 5.75 Å². The van der Waals surface area contributed by atoms with Gasteiger partial charge in [0.2, 0.25) is 0 Å². The number of rotatable bonds is 2. The third kappa shape index (κ3) is 3.45. The lowest BCUT2D eigenvalue weighted by molar-refractivity contribution is -0.117. The average molecular weight is 363 g/mol. The highest BCUT2D eigenvalue weighted by Crippen LogP contribution is 2.27. The number of ether oxygens (including phenoxy) is 1. The van der Waals surface area contributed by atoms with Crippen LogP contribution in [0.15, 0.2) is 22.7 Å². The minimum absolute atomic E-state index is 0.0314. The van der Waals surface area contributed by atoms with Crippen LogP contribution in [0.2, 0.25) is 0 Å². The Balaban J connectivity index is 2.23. The molecule has 0 bridgehead atoms. The number of aromatic hydroxyl groups is 1. The second kappa shape index (κ2) is 5.92. The number of carbonyl (C=O) groups excluding carboxylic acids is 1. The molecule has 20 heavy (non-hydrogen) atoms. The molecule has 1 unspecified atom stereocenters. The van der Waals surface area contributed by atoms with Gasteiger partial charge in [-0.3, -0.25) is 4.79 Å². The molecule has 1 fully saturated rings. The van der Waals surface area contributed by atoms with Crippen molar-refractivity contribution in [1.82, 2.24) is 4.90 Å². The zero-order chi connectivity index (χ0) is 14.9. The van der Waals surface area contributed by atoms with Gasteiger partial charge in [-0.15, -0.1) is 11.6 Å². The molecule has 1 aromatic rings. The summed E-state index contributed by atoms with van der Waals surface area (Å²) in [5.74, 6) is 0.0945. The van der Waals surface area contributed by atoms with E-state index in [4.69, 9.17) is 16.3 Å². The van der Waals surface area contributed by atoms with Crippen molar-refractivity contribution in [2.24, 2.45) is 0 Å². The Morgan fingerprint density at radius 3 is 2.90 bits per heavy atom. The number of nitrogens with zero attached hydrogens (tertiary/aromatic N) is 1. The first-order chi connectivity index (χ1) is 9.32. The number of carbonyl (C=O) groups is 1. The lowest BCUT2D eigenvalue weighted by Crippen LogP contribution is -2.55. The van der Waals surface area contributed by atoms with Crippen LogP contribution >= 0.6 is 27.5 Å². The second-order valence-electron chi connectivity index (χ2n) is 5.50. The topological polar surface area (TPSA) is 49.8 Å². The molecule has 1 amide bonds. The first-order valence-corrected chi connectivity index (χ1v) is 7.67. The molecule has 0 spiro atoms. The molecular weight excluding hydrogens is 346 g/mol. The Morgan fingerprint density at radius 2 is 2.30 bits per heavy atom. The molecule has 0 radical (unpaired) electrons. The van der Waals surface area contributed by atoms with Crippen LogP contribution in [0.5, 0.6) is 5.75 Å². The number of morpholine rings is 1. The Kier molecular flexibility index (Phi) is 4.62. The number of alkyl halides is 1. The molecule has 1 aliphatic rings. The van der Waals surface area contributed by atoms with Crippen LogP contribution in [-0.4, -0.2) is 46.6 Å². The lowest BCUT2D eigenvalue weighted by atomic mass is 10.0. The molecule has 1 N–H and O–H groups in total. The summed E-state index contributed by atoms with van der Waals surface area (Å²) in [6.07, 6.45) is -0.193. The average Bonchev–Trinajstić information content (AvgIpc) is 2.36. The van der Waals surface area contributed by atoms with Crippen LogP contribution in [0, 0.1) is 0 Å². The van der Waals surface area contributed by atoms with Gasteiger partial charge in [-0.2, -0.15) is 0 Å². The van der Waals surface area contributed by atoms with Gasteiger partial charge in [0.15, 0.2) is 0 Å². The smallest absolute Gasteiger partial charge is 0.257 e. The van der Waals surface area contributed by atoms with E-state index in [1.807, 2.05) is 13.8 Å². The predicted octanol–water partition coefficient (Wildman–Crippen LogP) is 3.01. The standard InChI is InChI=1S/C14H17BrClNO3/c1-14(2)8-17(7-10(6-16)20-14)13(19)11-4-3-9(15)5-12(11)18/h3-5,10,18H,6-8H2,1-2H3. The molecule has 1 saturated heterocycles. The third-order valence-electron chi connectivity index (χ3n) is 3.13. The van der Waals surface area contributed by atoms with Crippen molar-refractivity contribution in [1.29, 1.82) is 0 Å². The van der Waals surface area contributed by atoms with Gasteiger partial charge >= 0.3 is 0 Å². The summed E-state index contributed by atoms with van der Waals surface area (Å²) < 4.78 is 6.52. The van der Waals surface area contributed by atoms with Gasteiger partial charge in [-0.25, -0.2) is 0 Å². The van der Waals surface area contributed by atoms with E-state index in [1.54, 1.807) is 17.0 Å². The largest absolute Gasteiger partial charge is 0.507 e. The number of phenols is 1. The van der Waals surface area contributed by atoms with E-state index >= 15 is 0 Å². The lowest BCUT2D eigenvalue weighted by Gasteiger charge is -2.42. The Morgan fingerprint density at radius 1 is 1.60 bits per heavy atom. The van der Waals surface area contributed by atoms with E-state index < -0.39 is 5.60 Å². The minimum atomic E-state index is -0.446. The van der Waals surface area contributed by atoms with Gasteiger partial charge in [0, 0.05) is 17.6 Å². The van der Waals surface area contributed by atoms with Gasteiger partial charge in [0.05, 0.1) is 23.1 Å². The molecule has 0 saturated carbocycles. The molecule has 0 aliphatic carbocycles. The van der Waals surface area contributed by atoms with Gasteiger partial charge in [0.25, 0.3) is 5.91 Å². The van der Waals surface area contributed by atoms with Crippen LogP contribution in [0.3, 0.4) is 0 Å². The summed E-state index contributed by atoms with van der Waals surface area (Å²) >= 11 is 9.12. The molecule has 1 aliphatic heterocycles. The summed E-state index contributed by atoms with van der Waals surface area (Å²) in [6, 6.07) is 4.86. The molecule has 6 heteroatoms. The van der Waals surface area contributed by atoms with E-state index in [0.717, 1.165) is 4.47 Å². The number of amides is 1. The quantitative estimate of drug-likeness (QED) is 0.823. The van der Waals surface area contributed by atoms with Gasteiger partial charge in [-0.1, -0.05) is 15.9 Å². The number of phenolic OH excluding ortho intramolecular Hbond substituents is 1. The number of benzene rings is 1. The van der Waals surface area contributed by atoms with Crippen molar-refractivity contribution in [2.75, 3.05) is 19.0 Å². The van der Waals surface area contributed by atoms with Crippen molar-refractivity contribution in [3.05, 3.63) is 28.2 Å². The van der Waals surface area contributed by atoms with Crippen molar-refractivity contribution < 1.29 is 14.6 Å². The number of hydrogen-bond donors (Lipinski definition) is 1. The molecule has 1 atom stereocenters. The Hall–Kier alpha value is -0.780. The molecule has 1 aromatic carbocycles. The second-order valence-corrected chi connectivity index (χ2v) is 6.73. The Labute approximate surface area is 131 Å². The van der Waals surface area contributed by atoms with Crippen molar-refractivity contribution in [3.63, 3.8) is 0 Å². The maximum atomic E-state index is 12.5. The molecule has 110 valence electrons. The maximum Gasteiger partial charge on any atom is 0.257 e. The first-order valence-electron chi connectivity index (χ1n) is 6.34. The molecule has 1 heterocycles. The van der Waals surface area contributed by atoms with Crippen LogP contribution in [0.25, 0.3) is 0 Å². The van der Waals surface area contributed by atoms with Crippen LogP contribution in [0.4, 0.5) is 0 Å². The normalized spacial score (nSPS) is 21.8. The third-order valence-corrected chi connectivity index (χ3v) is 3.97. The van der Waals surface area contributed by atoms with Crippen LogP contribution in [0.1, 0.15) is 24.2 Å². The maximum absolute atomic E-state index is 12.5. The zero-order valence-corrected chi connectivity index (χ0v) is 13.7. The SMILES string of the molecule is CC1(C)CN(C(=O)c2ccc(Br)cc2O)CC(CCl)O1.